The average molecular weight is 276 g/mol. The second-order valence-electron chi connectivity index (χ2n) is 5.90. The lowest BCUT2D eigenvalue weighted by Gasteiger charge is -2.32. The van der Waals surface area contributed by atoms with Crippen molar-refractivity contribution < 1.29 is 19.1 Å². The van der Waals surface area contributed by atoms with E-state index in [0.717, 1.165) is 5.56 Å². The number of hydrogen-bond donors (Lipinski definition) is 0. The molecule has 1 aromatic rings. The molecule has 1 saturated heterocycles. The van der Waals surface area contributed by atoms with Crippen LogP contribution in [0.2, 0.25) is 0 Å². The maximum absolute atomic E-state index is 11.9. The van der Waals surface area contributed by atoms with Crippen molar-refractivity contribution in [3.63, 3.8) is 0 Å². The van der Waals surface area contributed by atoms with E-state index in [1.165, 1.54) is 5.56 Å². The molecule has 1 heterocycles. The molecular formula is C16H20O4. The number of esters is 2. The maximum Gasteiger partial charge on any atom is 0.323 e. The quantitative estimate of drug-likeness (QED) is 0.629. The van der Waals surface area contributed by atoms with Gasteiger partial charge in [-0.15, -0.1) is 0 Å². The first-order valence-electron chi connectivity index (χ1n) is 6.83. The van der Waals surface area contributed by atoms with Crippen LogP contribution in [0.15, 0.2) is 24.3 Å². The van der Waals surface area contributed by atoms with Gasteiger partial charge in [-0.2, -0.15) is 0 Å². The zero-order valence-corrected chi connectivity index (χ0v) is 12.3. The minimum Gasteiger partial charge on any atom is -0.422 e. The van der Waals surface area contributed by atoms with Gasteiger partial charge in [-0.1, -0.05) is 38.1 Å². The summed E-state index contributed by atoms with van der Waals surface area (Å²) in [6.07, 6.45) is 0.312. The highest BCUT2D eigenvalue weighted by Crippen LogP contribution is 2.26. The second-order valence-corrected chi connectivity index (χ2v) is 5.90. The van der Waals surface area contributed by atoms with Crippen LogP contribution in [0.25, 0.3) is 0 Å². The van der Waals surface area contributed by atoms with Gasteiger partial charge in [-0.05, 0) is 23.5 Å². The van der Waals surface area contributed by atoms with Crippen LogP contribution in [0.4, 0.5) is 0 Å². The molecule has 0 N–H and O–H groups in total. The fourth-order valence-corrected chi connectivity index (χ4v) is 2.18. The molecular weight excluding hydrogens is 256 g/mol. The van der Waals surface area contributed by atoms with Gasteiger partial charge in [0, 0.05) is 13.8 Å². The maximum atomic E-state index is 11.9. The summed E-state index contributed by atoms with van der Waals surface area (Å²) in [5, 5.41) is 0. The van der Waals surface area contributed by atoms with E-state index < -0.39 is 23.6 Å². The van der Waals surface area contributed by atoms with Crippen LogP contribution in [0, 0.1) is 5.92 Å². The van der Waals surface area contributed by atoms with Crippen molar-refractivity contribution in [2.75, 3.05) is 0 Å². The van der Waals surface area contributed by atoms with Crippen LogP contribution in [0.5, 0.6) is 0 Å². The van der Waals surface area contributed by atoms with Crippen molar-refractivity contribution >= 4 is 11.9 Å². The van der Waals surface area contributed by atoms with Crippen molar-refractivity contribution in [2.45, 2.75) is 45.8 Å². The van der Waals surface area contributed by atoms with E-state index in [4.69, 9.17) is 9.47 Å². The van der Waals surface area contributed by atoms with Gasteiger partial charge in [-0.3, -0.25) is 9.59 Å². The summed E-state index contributed by atoms with van der Waals surface area (Å²) >= 11 is 0. The molecule has 108 valence electrons. The summed E-state index contributed by atoms with van der Waals surface area (Å²) in [6.45, 7) is 7.34. The molecule has 1 aliphatic rings. The summed E-state index contributed by atoms with van der Waals surface area (Å²) < 4.78 is 10.2. The lowest BCUT2D eigenvalue weighted by Crippen LogP contribution is -2.46. The summed E-state index contributed by atoms with van der Waals surface area (Å²) in [5.74, 6) is -2.60. The number of carbonyl (C=O) groups is 2. The highest BCUT2D eigenvalue weighted by atomic mass is 16.7. The van der Waals surface area contributed by atoms with E-state index in [0.29, 0.717) is 12.3 Å². The Balaban J connectivity index is 2.10. The Bertz CT molecular complexity index is 494. The zero-order valence-electron chi connectivity index (χ0n) is 12.3. The lowest BCUT2D eigenvalue weighted by atomic mass is 9.95. The molecule has 0 aromatic heterocycles. The summed E-state index contributed by atoms with van der Waals surface area (Å²) in [4.78, 5) is 23.8. The number of ether oxygens (including phenoxy) is 2. The first-order valence-corrected chi connectivity index (χ1v) is 6.83. The smallest absolute Gasteiger partial charge is 0.323 e. The molecule has 4 nitrogen and oxygen atoms in total. The number of hydrogen-bond acceptors (Lipinski definition) is 4. The van der Waals surface area contributed by atoms with Crippen molar-refractivity contribution in [1.82, 2.24) is 0 Å². The van der Waals surface area contributed by atoms with Gasteiger partial charge in [0.2, 0.25) is 0 Å². The molecule has 0 radical (unpaired) electrons. The molecule has 2 rings (SSSR count). The highest BCUT2D eigenvalue weighted by Gasteiger charge is 2.42. The van der Waals surface area contributed by atoms with E-state index in [1.54, 1.807) is 13.8 Å². The molecule has 1 aliphatic heterocycles. The van der Waals surface area contributed by atoms with Crippen LogP contribution in [0.3, 0.4) is 0 Å². The van der Waals surface area contributed by atoms with E-state index in [1.807, 2.05) is 24.3 Å². The third-order valence-corrected chi connectivity index (χ3v) is 3.35. The van der Waals surface area contributed by atoms with Gasteiger partial charge in [0.25, 0.3) is 5.79 Å². The Morgan fingerprint density at radius 3 is 2.00 bits per heavy atom. The van der Waals surface area contributed by atoms with Gasteiger partial charge in [0.1, 0.15) is 0 Å². The second kappa shape index (κ2) is 5.27. The Morgan fingerprint density at radius 1 is 1.05 bits per heavy atom. The first-order chi connectivity index (χ1) is 9.28. The Kier molecular flexibility index (Phi) is 3.84. The van der Waals surface area contributed by atoms with Gasteiger partial charge in [-0.25, -0.2) is 0 Å². The Morgan fingerprint density at radius 2 is 1.55 bits per heavy atom. The number of rotatable bonds is 3. The van der Waals surface area contributed by atoms with E-state index >= 15 is 0 Å². The predicted molar refractivity (Wildman–Crippen MR) is 74.0 cm³/mol. The summed E-state index contributed by atoms with van der Waals surface area (Å²) in [7, 11) is 0. The number of cyclic esters (lactones) is 2. The minimum atomic E-state index is -1.16. The van der Waals surface area contributed by atoms with Gasteiger partial charge in [0.05, 0.1) is 0 Å². The van der Waals surface area contributed by atoms with Gasteiger partial charge in [0.15, 0.2) is 5.92 Å². The topological polar surface area (TPSA) is 52.6 Å². The van der Waals surface area contributed by atoms with Crippen molar-refractivity contribution in [2.24, 2.45) is 5.92 Å². The van der Waals surface area contributed by atoms with Crippen LogP contribution >= 0.6 is 0 Å². The summed E-state index contributed by atoms with van der Waals surface area (Å²) in [6, 6.07) is 7.91. The van der Waals surface area contributed by atoms with Crippen LogP contribution < -0.4 is 0 Å². The first kappa shape index (κ1) is 14.6. The van der Waals surface area contributed by atoms with Gasteiger partial charge < -0.3 is 9.47 Å². The molecule has 0 spiro atoms. The summed E-state index contributed by atoms with van der Waals surface area (Å²) in [5.41, 5.74) is 2.15. The van der Waals surface area contributed by atoms with E-state index in [2.05, 4.69) is 13.8 Å². The fraction of sp³-hybridized carbons (Fsp3) is 0.500. The van der Waals surface area contributed by atoms with Crippen LogP contribution in [0.1, 0.15) is 44.7 Å². The highest BCUT2D eigenvalue weighted by molar-refractivity contribution is 5.96. The standard InChI is InChI=1S/C16H20O4/c1-10(2)12-7-5-11(6-8-12)9-13-14(17)19-16(3,4)20-15(13)18/h5-8,10,13H,9H2,1-4H3. The van der Waals surface area contributed by atoms with Crippen molar-refractivity contribution in [3.8, 4) is 0 Å². The fourth-order valence-electron chi connectivity index (χ4n) is 2.18. The number of carbonyl (C=O) groups excluding carboxylic acids is 2. The minimum absolute atomic E-state index is 0.312. The molecule has 0 amide bonds. The molecule has 0 saturated carbocycles. The van der Waals surface area contributed by atoms with Crippen molar-refractivity contribution in [1.29, 1.82) is 0 Å². The zero-order chi connectivity index (χ0) is 14.9. The molecule has 20 heavy (non-hydrogen) atoms. The SMILES string of the molecule is CC(C)c1ccc(CC2C(=O)OC(C)(C)OC2=O)cc1. The monoisotopic (exact) mass is 276 g/mol. The van der Waals surface area contributed by atoms with Crippen LogP contribution in [-0.4, -0.2) is 17.7 Å². The normalized spacial score (nSPS) is 18.9. The van der Waals surface area contributed by atoms with Gasteiger partial charge >= 0.3 is 11.9 Å². The van der Waals surface area contributed by atoms with Crippen LogP contribution in [-0.2, 0) is 25.5 Å². The molecule has 0 atom stereocenters. The molecule has 1 aromatic carbocycles. The molecule has 0 aliphatic carbocycles. The Hall–Kier alpha value is -1.84. The third kappa shape index (κ3) is 3.18. The molecule has 0 unspecified atom stereocenters. The van der Waals surface area contributed by atoms with Crippen molar-refractivity contribution in [3.05, 3.63) is 35.4 Å². The predicted octanol–water partition coefficient (Wildman–Crippen LogP) is 2.80. The van der Waals surface area contributed by atoms with E-state index in [9.17, 15) is 9.59 Å². The third-order valence-electron chi connectivity index (χ3n) is 3.35. The van der Waals surface area contributed by atoms with E-state index in [-0.39, 0.29) is 0 Å². The molecule has 1 fully saturated rings. The molecule has 4 heteroatoms. The Labute approximate surface area is 119 Å². The average Bonchev–Trinajstić information content (AvgIpc) is 2.33. The lowest BCUT2D eigenvalue weighted by molar-refractivity contribution is -0.239. The largest absolute Gasteiger partial charge is 0.422 e. The molecule has 0 bridgehead atoms. The number of benzene rings is 1.